The van der Waals surface area contributed by atoms with Crippen LogP contribution in [0.4, 0.5) is 0 Å². The number of carbonyl (C=O) groups is 2. The number of pyridine rings is 1. The third kappa shape index (κ3) is 5.76. The lowest BCUT2D eigenvalue weighted by Gasteiger charge is -2.27. The molecule has 0 amide bonds. The molecule has 0 saturated carbocycles. The average molecular weight is 454 g/mol. The Labute approximate surface area is 190 Å². The maximum Gasteiger partial charge on any atom is 0.310 e. The Morgan fingerprint density at radius 2 is 1.45 bits per heavy atom. The fraction of sp³-hybridized carbons (Fsp3) is 0.208. The zero-order valence-corrected chi connectivity index (χ0v) is 18.9. The quantitative estimate of drug-likeness (QED) is 0.293. The Morgan fingerprint density at radius 3 is 2.00 bits per heavy atom. The smallest absolute Gasteiger partial charge is 0.310 e. The number of hydrogen-bond acceptors (Lipinski definition) is 7. The van der Waals surface area contributed by atoms with Crippen LogP contribution in [0.5, 0.6) is 0 Å². The van der Waals surface area contributed by atoms with E-state index in [-0.39, 0.29) is 6.42 Å². The van der Waals surface area contributed by atoms with Crippen molar-refractivity contribution in [2.24, 2.45) is 0 Å². The van der Waals surface area contributed by atoms with Gasteiger partial charge in [-0.05, 0) is 60.0 Å². The first-order valence-corrected chi connectivity index (χ1v) is 12.0. The number of ketones is 1. The normalized spacial score (nSPS) is 12.7. The Balaban J connectivity index is 1.85. The molecule has 0 radical (unpaired) electrons. The summed E-state index contributed by atoms with van der Waals surface area (Å²) in [6.07, 6.45) is 7.10. The predicted octanol–water partition coefficient (Wildman–Crippen LogP) is 4.38. The molecule has 0 aliphatic heterocycles. The summed E-state index contributed by atoms with van der Waals surface area (Å²) in [4.78, 5) is 31.6. The van der Waals surface area contributed by atoms with Crippen molar-refractivity contribution in [1.82, 2.24) is 4.98 Å². The van der Waals surface area contributed by atoms with Crippen LogP contribution in [-0.2, 0) is 21.6 Å². The zero-order chi connectivity index (χ0) is 22.3. The number of esters is 1. The molecule has 0 bridgehead atoms. The molecule has 7 heteroatoms. The molecular weight excluding hydrogens is 430 g/mol. The van der Waals surface area contributed by atoms with E-state index in [0.29, 0.717) is 11.1 Å². The van der Waals surface area contributed by atoms with E-state index in [1.54, 1.807) is 72.3 Å². The number of aliphatic hydroxyl groups is 1. The van der Waals surface area contributed by atoms with E-state index in [4.69, 9.17) is 4.74 Å². The van der Waals surface area contributed by atoms with Crippen molar-refractivity contribution in [3.8, 4) is 0 Å². The predicted molar refractivity (Wildman–Crippen MR) is 124 cm³/mol. The van der Waals surface area contributed by atoms with Crippen molar-refractivity contribution in [2.45, 2.75) is 21.8 Å². The minimum absolute atomic E-state index is 0.0284. The number of benzene rings is 2. The van der Waals surface area contributed by atoms with Gasteiger partial charge in [-0.3, -0.25) is 14.6 Å². The summed E-state index contributed by atoms with van der Waals surface area (Å²) >= 11 is 3.12. The van der Waals surface area contributed by atoms with Crippen LogP contribution in [0.3, 0.4) is 0 Å². The third-order valence-corrected chi connectivity index (χ3v) is 6.32. The lowest BCUT2D eigenvalue weighted by molar-refractivity contribution is -0.148. The Bertz CT molecular complexity index is 1020. The molecule has 160 valence electrons. The molecule has 0 aliphatic carbocycles. The fourth-order valence-electron chi connectivity index (χ4n) is 3.03. The van der Waals surface area contributed by atoms with Gasteiger partial charge in [0.1, 0.15) is 6.61 Å². The maximum atomic E-state index is 13.3. The standard InChI is InChI=1S/C24H23NO4S2/c1-30-20-7-3-18(4-8-20)23(27)24(28,19-5-9-21(31-2)10-6-19)16-29-22(26)15-17-11-13-25-14-12-17/h3-14,28H,15-16H2,1-2H3. The van der Waals surface area contributed by atoms with Crippen molar-refractivity contribution < 1.29 is 19.4 Å². The van der Waals surface area contributed by atoms with Gasteiger partial charge in [-0.15, -0.1) is 23.5 Å². The molecule has 1 N–H and O–H groups in total. The topological polar surface area (TPSA) is 76.5 Å². The van der Waals surface area contributed by atoms with E-state index in [1.165, 1.54) is 0 Å². The number of Topliss-reactive ketones (excluding diaryl/α,β-unsaturated/α-hetero) is 1. The molecule has 1 heterocycles. The first-order valence-electron chi connectivity index (χ1n) is 9.56. The fourth-order valence-corrected chi connectivity index (χ4v) is 3.85. The van der Waals surface area contributed by atoms with Crippen LogP contribution in [0.1, 0.15) is 21.5 Å². The highest BCUT2D eigenvalue weighted by Crippen LogP contribution is 2.29. The molecule has 1 unspecified atom stereocenters. The molecule has 2 aromatic carbocycles. The van der Waals surface area contributed by atoms with Crippen molar-refractivity contribution in [2.75, 3.05) is 19.1 Å². The number of ether oxygens (including phenoxy) is 1. The summed E-state index contributed by atoms with van der Waals surface area (Å²) in [5.74, 6) is -1.05. The van der Waals surface area contributed by atoms with E-state index in [2.05, 4.69) is 4.98 Å². The number of thioether (sulfide) groups is 2. The molecule has 3 rings (SSSR count). The zero-order valence-electron chi connectivity index (χ0n) is 17.3. The Morgan fingerprint density at radius 1 is 0.903 bits per heavy atom. The van der Waals surface area contributed by atoms with Crippen LogP contribution < -0.4 is 0 Å². The van der Waals surface area contributed by atoms with Gasteiger partial charge in [-0.1, -0.05) is 24.3 Å². The van der Waals surface area contributed by atoms with Crippen molar-refractivity contribution in [3.63, 3.8) is 0 Å². The van der Waals surface area contributed by atoms with Gasteiger partial charge in [0.05, 0.1) is 6.42 Å². The lowest BCUT2D eigenvalue weighted by Crippen LogP contribution is -2.41. The molecule has 5 nitrogen and oxygen atoms in total. The molecule has 0 saturated heterocycles. The first-order chi connectivity index (χ1) is 15.0. The highest BCUT2D eigenvalue weighted by molar-refractivity contribution is 7.98. The molecular formula is C24H23NO4S2. The highest BCUT2D eigenvalue weighted by atomic mass is 32.2. The summed E-state index contributed by atoms with van der Waals surface area (Å²) in [5, 5.41) is 11.5. The second-order valence-electron chi connectivity index (χ2n) is 6.84. The number of nitrogens with zero attached hydrogens (tertiary/aromatic N) is 1. The minimum Gasteiger partial charge on any atom is -0.461 e. The van der Waals surface area contributed by atoms with E-state index in [9.17, 15) is 14.7 Å². The van der Waals surface area contributed by atoms with Gasteiger partial charge < -0.3 is 9.84 Å². The summed E-state index contributed by atoms with van der Waals surface area (Å²) in [7, 11) is 0. The largest absolute Gasteiger partial charge is 0.461 e. The molecule has 1 atom stereocenters. The molecule has 0 fully saturated rings. The minimum atomic E-state index is -1.99. The van der Waals surface area contributed by atoms with Gasteiger partial charge in [0.2, 0.25) is 5.78 Å². The van der Waals surface area contributed by atoms with E-state index in [0.717, 1.165) is 15.4 Å². The summed E-state index contributed by atoms with van der Waals surface area (Å²) in [6, 6.07) is 17.5. The van der Waals surface area contributed by atoms with Crippen LogP contribution in [0.25, 0.3) is 0 Å². The van der Waals surface area contributed by atoms with Crippen LogP contribution >= 0.6 is 23.5 Å². The summed E-state index contributed by atoms with van der Waals surface area (Å²) < 4.78 is 5.37. The number of aromatic nitrogens is 1. The van der Waals surface area contributed by atoms with Crippen LogP contribution in [-0.4, -0.2) is 41.0 Å². The van der Waals surface area contributed by atoms with Gasteiger partial charge in [-0.2, -0.15) is 0 Å². The van der Waals surface area contributed by atoms with E-state index < -0.39 is 24.0 Å². The van der Waals surface area contributed by atoms with E-state index in [1.807, 2.05) is 36.8 Å². The second kappa shape index (κ2) is 10.6. The number of hydrogen-bond donors (Lipinski definition) is 1. The lowest BCUT2D eigenvalue weighted by atomic mass is 9.86. The van der Waals surface area contributed by atoms with Crippen molar-refractivity contribution in [1.29, 1.82) is 0 Å². The van der Waals surface area contributed by atoms with Gasteiger partial charge in [0.25, 0.3) is 0 Å². The van der Waals surface area contributed by atoms with Crippen LogP contribution in [0.2, 0.25) is 0 Å². The Kier molecular flexibility index (Phi) is 7.90. The van der Waals surface area contributed by atoms with Crippen molar-refractivity contribution in [3.05, 3.63) is 89.7 Å². The van der Waals surface area contributed by atoms with Gasteiger partial charge in [-0.25, -0.2) is 0 Å². The number of rotatable bonds is 9. The van der Waals surface area contributed by atoms with Crippen LogP contribution in [0, 0.1) is 0 Å². The average Bonchev–Trinajstić information content (AvgIpc) is 2.83. The molecule has 0 aliphatic rings. The van der Waals surface area contributed by atoms with Crippen LogP contribution in [0.15, 0.2) is 82.8 Å². The van der Waals surface area contributed by atoms with Gasteiger partial charge in [0, 0.05) is 27.7 Å². The molecule has 3 aromatic rings. The monoisotopic (exact) mass is 453 g/mol. The first kappa shape index (κ1) is 23.1. The molecule has 0 spiro atoms. The van der Waals surface area contributed by atoms with Crippen molar-refractivity contribution >= 4 is 35.3 Å². The van der Waals surface area contributed by atoms with E-state index >= 15 is 0 Å². The summed E-state index contributed by atoms with van der Waals surface area (Å²) in [5.41, 5.74) is -0.529. The summed E-state index contributed by atoms with van der Waals surface area (Å²) in [6.45, 7) is -0.474. The molecule has 31 heavy (non-hydrogen) atoms. The Hall–Kier alpha value is -2.61. The third-order valence-electron chi connectivity index (χ3n) is 4.84. The highest BCUT2D eigenvalue weighted by Gasteiger charge is 2.40. The second-order valence-corrected chi connectivity index (χ2v) is 8.60. The number of carbonyl (C=O) groups excluding carboxylic acids is 2. The van der Waals surface area contributed by atoms with Gasteiger partial charge >= 0.3 is 5.97 Å². The van der Waals surface area contributed by atoms with Gasteiger partial charge in [0.15, 0.2) is 5.60 Å². The maximum absolute atomic E-state index is 13.3. The molecule has 1 aromatic heterocycles. The SMILES string of the molecule is CSc1ccc(C(=O)C(O)(COC(=O)Cc2ccncc2)c2ccc(SC)cc2)cc1.